The molecule has 0 aliphatic carbocycles. The quantitative estimate of drug-likeness (QED) is 0.765. The second-order valence-electron chi connectivity index (χ2n) is 4.59. The van der Waals surface area contributed by atoms with Crippen molar-refractivity contribution in [2.24, 2.45) is 0 Å². The monoisotopic (exact) mass is 441 g/mol. The summed E-state index contributed by atoms with van der Waals surface area (Å²) in [7, 11) is 3.99. The molecule has 20 heavy (non-hydrogen) atoms. The molecule has 2 aromatic rings. The smallest absolute Gasteiger partial charge is 0.124 e. The summed E-state index contributed by atoms with van der Waals surface area (Å²) >= 11 is 14.6. The van der Waals surface area contributed by atoms with E-state index in [1.165, 1.54) is 11.3 Å². The number of aromatic nitrogens is 2. The number of aliphatic hydroxyl groups is 1. The van der Waals surface area contributed by atoms with Crippen molar-refractivity contribution in [3.63, 3.8) is 0 Å². The average Bonchev–Trinajstić information content (AvgIpc) is 2.89. The van der Waals surface area contributed by atoms with Crippen LogP contribution in [0.2, 0.25) is 5.02 Å². The highest BCUT2D eigenvalue weighted by atomic mass is 79.9. The van der Waals surface area contributed by atoms with Crippen molar-refractivity contribution < 1.29 is 5.11 Å². The summed E-state index contributed by atoms with van der Waals surface area (Å²) in [5.74, 6) is 0. The number of hydrogen-bond donors (Lipinski definition) is 1. The van der Waals surface area contributed by atoms with Gasteiger partial charge in [0.25, 0.3) is 0 Å². The van der Waals surface area contributed by atoms with E-state index in [4.69, 9.17) is 11.6 Å². The van der Waals surface area contributed by atoms with E-state index in [-0.39, 0.29) is 0 Å². The predicted octanol–water partition coefficient (Wildman–Crippen LogP) is 3.77. The lowest BCUT2D eigenvalue weighted by atomic mass is 10.1. The Bertz CT molecular complexity index is 600. The Morgan fingerprint density at radius 1 is 1.50 bits per heavy atom. The molecule has 110 valence electrons. The van der Waals surface area contributed by atoms with Gasteiger partial charge in [0.05, 0.1) is 31.0 Å². The van der Waals surface area contributed by atoms with E-state index in [1.54, 1.807) is 10.9 Å². The van der Waals surface area contributed by atoms with Gasteiger partial charge in [-0.15, -0.1) is 11.3 Å². The first-order valence-electron chi connectivity index (χ1n) is 5.89. The summed E-state index contributed by atoms with van der Waals surface area (Å²) in [5.41, 5.74) is 1.41. The molecule has 2 aromatic heterocycles. The van der Waals surface area contributed by atoms with Crippen molar-refractivity contribution in [1.29, 1.82) is 0 Å². The summed E-state index contributed by atoms with van der Waals surface area (Å²) in [4.78, 5) is 2.06. The number of likely N-dealkylation sites (N-methyl/N-ethyl adjacent to an activating group) is 1. The maximum atomic E-state index is 10.6. The molecule has 1 unspecified atom stereocenters. The van der Waals surface area contributed by atoms with E-state index in [1.807, 2.05) is 20.2 Å². The van der Waals surface area contributed by atoms with Crippen molar-refractivity contribution in [2.45, 2.75) is 12.6 Å². The van der Waals surface area contributed by atoms with E-state index in [9.17, 15) is 5.11 Å². The number of thiophene rings is 1. The maximum Gasteiger partial charge on any atom is 0.124 e. The molecule has 0 fully saturated rings. The molecule has 0 aliphatic heterocycles. The third-order valence-electron chi connectivity index (χ3n) is 2.83. The van der Waals surface area contributed by atoms with Crippen molar-refractivity contribution >= 4 is 54.8 Å². The van der Waals surface area contributed by atoms with Crippen molar-refractivity contribution in [2.75, 3.05) is 20.6 Å². The Hall–Kier alpha value is 0.0800. The molecule has 1 N–H and O–H groups in total. The Labute approximate surface area is 143 Å². The first-order chi connectivity index (χ1) is 9.40. The Morgan fingerprint density at radius 2 is 2.20 bits per heavy atom. The van der Waals surface area contributed by atoms with Crippen LogP contribution < -0.4 is 0 Å². The van der Waals surface area contributed by atoms with Crippen LogP contribution in [0.3, 0.4) is 0 Å². The Kier molecular flexibility index (Phi) is 5.67. The molecular formula is C12H14Br2ClN3OS. The third-order valence-corrected chi connectivity index (χ3v) is 5.51. The highest BCUT2D eigenvalue weighted by molar-refractivity contribution is 9.12. The van der Waals surface area contributed by atoms with Gasteiger partial charge in [0.15, 0.2) is 0 Å². The number of hydrogen-bond acceptors (Lipinski definition) is 4. The third kappa shape index (κ3) is 3.64. The van der Waals surface area contributed by atoms with Crippen molar-refractivity contribution in [1.82, 2.24) is 14.7 Å². The lowest BCUT2D eigenvalue weighted by Gasteiger charge is -2.16. The molecule has 0 amide bonds. The summed E-state index contributed by atoms with van der Waals surface area (Å²) in [6, 6.07) is 1.89. The summed E-state index contributed by atoms with van der Waals surface area (Å²) in [6.07, 6.45) is 0.773. The van der Waals surface area contributed by atoms with Gasteiger partial charge in [-0.2, -0.15) is 5.10 Å². The van der Waals surface area contributed by atoms with E-state index >= 15 is 0 Å². The predicted molar refractivity (Wildman–Crippen MR) is 89.6 cm³/mol. The molecule has 0 aliphatic rings. The second-order valence-corrected chi connectivity index (χ2v) is 8.74. The van der Waals surface area contributed by atoms with Crippen LogP contribution in [0.4, 0.5) is 0 Å². The van der Waals surface area contributed by atoms with Crippen LogP contribution in [0.1, 0.15) is 17.4 Å². The minimum absolute atomic E-state index is 0.477. The highest BCUT2D eigenvalue weighted by Crippen LogP contribution is 2.39. The van der Waals surface area contributed by atoms with Crippen LogP contribution in [0.25, 0.3) is 0 Å². The van der Waals surface area contributed by atoms with Gasteiger partial charge in [-0.1, -0.05) is 11.6 Å². The van der Waals surface area contributed by atoms with Crippen LogP contribution >= 0.6 is 54.8 Å². The number of rotatable bonds is 5. The zero-order chi connectivity index (χ0) is 14.9. The van der Waals surface area contributed by atoms with Crippen LogP contribution in [0.15, 0.2) is 19.8 Å². The van der Waals surface area contributed by atoms with Gasteiger partial charge in [0.2, 0.25) is 0 Å². The van der Waals surface area contributed by atoms with E-state index in [0.29, 0.717) is 17.3 Å². The molecule has 1 atom stereocenters. The molecule has 2 rings (SSSR count). The lowest BCUT2D eigenvalue weighted by molar-refractivity contribution is 0.205. The molecule has 0 aromatic carbocycles. The highest BCUT2D eigenvalue weighted by Gasteiger charge is 2.23. The Balaban J connectivity index is 2.31. The number of aliphatic hydroxyl groups excluding tert-OH is 1. The second kappa shape index (κ2) is 6.89. The largest absolute Gasteiger partial charge is 0.382 e. The summed E-state index contributed by atoms with van der Waals surface area (Å²) in [5, 5.41) is 15.3. The molecule has 0 radical (unpaired) electrons. The number of nitrogens with zero attached hydrogens (tertiary/aromatic N) is 3. The zero-order valence-electron chi connectivity index (χ0n) is 11.0. The molecule has 8 heteroatoms. The van der Waals surface area contributed by atoms with Crippen LogP contribution in [0.5, 0.6) is 0 Å². The van der Waals surface area contributed by atoms with Crippen molar-refractivity contribution in [3.05, 3.63) is 36.1 Å². The summed E-state index contributed by atoms with van der Waals surface area (Å²) in [6.45, 7) is 1.50. The van der Waals surface area contributed by atoms with Gasteiger partial charge in [-0.25, -0.2) is 0 Å². The topological polar surface area (TPSA) is 41.3 Å². The molecule has 0 saturated heterocycles. The average molecular weight is 444 g/mol. The van der Waals surface area contributed by atoms with E-state index in [0.717, 1.165) is 19.7 Å². The van der Waals surface area contributed by atoms with Gasteiger partial charge in [0.1, 0.15) is 6.10 Å². The molecule has 0 spiro atoms. The maximum absolute atomic E-state index is 10.6. The molecule has 2 heterocycles. The van der Waals surface area contributed by atoms with Gasteiger partial charge >= 0.3 is 0 Å². The number of halogens is 3. The van der Waals surface area contributed by atoms with Gasteiger partial charge in [-0.05, 0) is 52.0 Å². The standard InChI is InChI=1S/C12H14Br2ClN3OS/c1-17(2)3-4-18-10(8(15)6-16-18)11(19)7-5-9(13)20-12(7)14/h5-6,11,19H,3-4H2,1-2H3. The summed E-state index contributed by atoms with van der Waals surface area (Å²) < 4.78 is 3.59. The van der Waals surface area contributed by atoms with E-state index in [2.05, 4.69) is 41.9 Å². The molecule has 0 saturated carbocycles. The van der Waals surface area contributed by atoms with Crippen molar-refractivity contribution in [3.8, 4) is 0 Å². The fourth-order valence-electron chi connectivity index (χ4n) is 1.80. The molecule has 4 nitrogen and oxygen atoms in total. The molecular weight excluding hydrogens is 429 g/mol. The minimum atomic E-state index is -0.802. The first kappa shape index (κ1) is 16.5. The first-order valence-corrected chi connectivity index (χ1v) is 8.67. The van der Waals surface area contributed by atoms with Crippen LogP contribution in [-0.4, -0.2) is 40.4 Å². The zero-order valence-corrected chi connectivity index (χ0v) is 15.7. The van der Waals surface area contributed by atoms with Gasteiger partial charge in [-0.3, -0.25) is 4.68 Å². The van der Waals surface area contributed by atoms with Crippen LogP contribution in [0, 0.1) is 0 Å². The van der Waals surface area contributed by atoms with Crippen LogP contribution in [-0.2, 0) is 6.54 Å². The molecule has 0 bridgehead atoms. The fraction of sp³-hybridized carbons (Fsp3) is 0.417. The lowest BCUT2D eigenvalue weighted by Crippen LogP contribution is -2.21. The van der Waals surface area contributed by atoms with Gasteiger partial charge < -0.3 is 10.0 Å². The SMILES string of the molecule is CN(C)CCn1ncc(Cl)c1C(O)c1cc(Br)sc1Br. The van der Waals surface area contributed by atoms with Gasteiger partial charge in [0, 0.05) is 12.1 Å². The van der Waals surface area contributed by atoms with E-state index < -0.39 is 6.10 Å². The minimum Gasteiger partial charge on any atom is -0.382 e. The fourth-order valence-corrected chi connectivity index (χ4v) is 4.93. The normalized spacial score (nSPS) is 13.2. The Morgan fingerprint density at radius 3 is 2.75 bits per heavy atom.